The van der Waals surface area contributed by atoms with Gasteiger partial charge in [0.15, 0.2) is 0 Å². The highest BCUT2D eigenvalue weighted by atomic mass is 15.2. The normalized spacial score (nSPS) is 31.4. The Hall–Kier alpha value is -0.0800. The lowest BCUT2D eigenvalue weighted by molar-refractivity contribution is 0.0606. The van der Waals surface area contributed by atoms with Crippen LogP contribution in [-0.2, 0) is 0 Å². The molecule has 0 bridgehead atoms. The first-order valence-corrected chi connectivity index (χ1v) is 9.61. The molecule has 2 heteroatoms. The highest BCUT2D eigenvalue weighted by Crippen LogP contribution is 2.33. The molecule has 124 valence electrons. The maximum Gasteiger partial charge on any atom is 0.0254 e. The summed E-state index contributed by atoms with van der Waals surface area (Å²) in [5.74, 6) is 1.74. The number of nitrogens with zero attached hydrogens (tertiary/aromatic N) is 1. The molecular formula is C19H38N2. The summed E-state index contributed by atoms with van der Waals surface area (Å²) in [5, 5.41) is 3.81. The molecule has 2 nitrogen and oxygen atoms in total. The van der Waals surface area contributed by atoms with Crippen LogP contribution >= 0.6 is 0 Å². The van der Waals surface area contributed by atoms with Crippen molar-refractivity contribution in [3.8, 4) is 0 Å². The quantitative estimate of drug-likeness (QED) is 0.746. The third-order valence-corrected chi connectivity index (χ3v) is 5.73. The Labute approximate surface area is 133 Å². The van der Waals surface area contributed by atoms with Gasteiger partial charge in [0.05, 0.1) is 0 Å². The van der Waals surface area contributed by atoms with Crippen LogP contribution in [0.2, 0.25) is 0 Å². The predicted molar refractivity (Wildman–Crippen MR) is 92.7 cm³/mol. The van der Waals surface area contributed by atoms with E-state index in [0.717, 1.165) is 36.5 Å². The Balaban J connectivity index is 2.06. The van der Waals surface area contributed by atoms with Crippen molar-refractivity contribution in [3.05, 3.63) is 0 Å². The van der Waals surface area contributed by atoms with Crippen molar-refractivity contribution in [2.75, 3.05) is 13.1 Å². The van der Waals surface area contributed by atoms with Crippen molar-refractivity contribution in [2.24, 2.45) is 11.8 Å². The van der Waals surface area contributed by atoms with Crippen molar-refractivity contribution in [1.29, 1.82) is 0 Å². The van der Waals surface area contributed by atoms with E-state index in [4.69, 9.17) is 0 Å². The summed E-state index contributed by atoms with van der Waals surface area (Å²) in [6.07, 6.45) is 11.4. The van der Waals surface area contributed by atoms with Gasteiger partial charge in [-0.2, -0.15) is 0 Å². The molecule has 0 heterocycles. The topological polar surface area (TPSA) is 15.3 Å². The smallest absolute Gasteiger partial charge is 0.0254 e. The lowest BCUT2D eigenvalue weighted by atomic mass is 9.81. The number of hydrogen-bond donors (Lipinski definition) is 1. The second-order valence-electron chi connectivity index (χ2n) is 8.01. The van der Waals surface area contributed by atoms with Crippen molar-refractivity contribution >= 4 is 0 Å². The summed E-state index contributed by atoms with van der Waals surface area (Å²) < 4.78 is 0. The molecule has 0 aliphatic heterocycles. The number of rotatable bonds is 7. The SMILES string of the molecule is CCNC1CCC(C)CC1N(CCC(C)C)C1CCCC1. The highest BCUT2D eigenvalue weighted by molar-refractivity contribution is 4.93. The zero-order valence-electron chi connectivity index (χ0n) is 14.9. The van der Waals surface area contributed by atoms with E-state index in [1.54, 1.807) is 0 Å². The van der Waals surface area contributed by atoms with E-state index in [1.165, 1.54) is 57.9 Å². The van der Waals surface area contributed by atoms with Gasteiger partial charge in [0.1, 0.15) is 0 Å². The van der Waals surface area contributed by atoms with E-state index in [2.05, 4.69) is 37.9 Å². The molecule has 2 rings (SSSR count). The molecular weight excluding hydrogens is 256 g/mol. The average Bonchev–Trinajstić information content (AvgIpc) is 2.96. The minimum atomic E-state index is 0.735. The first-order valence-electron chi connectivity index (χ1n) is 9.61. The maximum atomic E-state index is 3.81. The van der Waals surface area contributed by atoms with E-state index in [-0.39, 0.29) is 0 Å². The van der Waals surface area contributed by atoms with Crippen molar-refractivity contribution < 1.29 is 0 Å². The van der Waals surface area contributed by atoms with Gasteiger partial charge >= 0.3 is 0 Å². The summed E-state index contributed by atoms with van der Waals surface area (Å²) in [5.41, 5.74) is 0. The third-order valence-electron chi connectivity index (χ3n) is 5.73. The summed E-state index contributed by atoms with van der Waals surface area (Å²) in [7, 11) is 0. The lowest BCUT2D eigenvalue weighted by Crippen LogP contribution is -2.56. The molecule has 2 aliphatic rings. The van der Waals surface area contributed by atoms with Crippen LogP contribution < -0.4 is 5.32 Å². The Morgan fingerprint density at radius 1 is 1.10 bits per heavy atom. The standard InChI is InChI=1S/C19H38N2/c1-5-20-18-11-10-16(4)14-19(18)21(13-12-15(2)3)17-8-6-7-9-17/h15-20H,5-14H2,1-4H3. The third kappa shape index (κ3) is 4.96. The van der Waals surface area contributed by atoms with Crippen LogP contribution in [0.25, 0.3) is 0 Å². The van der Waals surface area contributed by atoms with Crippen LogP contribution in [0.15, 0.2) is 0 Å². The summed E-state index contributed by atoms with van der Waals surface area (Å²) in [6.45, 7) is 11.9. The van der Waals surface area contributed by atoms with Gasteiger partial charge in [-0.05, 0) is 63.5 Å². The van der Waals surface area contributed by atoms with E-state index >= 15 is 0 Å². The molecule has 2 saturated carbocycles. The van der Waals surface area contributed by atoms with Crippen LogP contribution in [-0.4, -0.2) is 36.1 Å². The van der Waals surface area contributed by atoms with Gasteiger partial charge in [-0.15, -0.1) is 0 Å². The van der Waals surface area contributed by atoms with Crippen LogP contribution in [0.5, 0.6) is 0 Å². The van der Waals surface area contributed by atoms with Gasteiger partial charge in [0.2, 0.25) is 0 Å². The zero-order valence-corrected chi connectivity index (χ0v) is 14.9. The van der Waals surface area contributed by atoms with E-state index < -0.39 is 0 Å². The molecule has 0 saturated heterocycles. The largest absolute Gasteiger partial charge is 0.313 e. The molecule has 3 unspecified atom stereocenters. The van der Waals surface area contributed by atoms with Crippen LogP contribution in [0, 0.1) is 11.8 Å². The summed E-state index contributed by atoms with van der Waals surface area (Å²) in [4.78, 5) is 2.94. The van der Waals surface area contributed by atoms with Gasteiger partial charge in [0.25, 0.3) is 0 Å². The van der Waals surface area contributed by atoms with Crippen LogP contribution in [0.1, 0.15) is 79.1 Å². The van der Waals surface area contributed by atoms with Crippen LogP contribution in [0.3, 0.4) is 0 Å². The van der Waals surface area contributed by atoms with Crippen LogP contribution in [0.4, 0.5) is 0 Å². The Morgan fingerprint density at radius 2 is 1.81 bits per heavy atom. The van der Waals surface area contributed by atoms with Crippen molar-refractivity contribution in [1.82, 2.24) is 10.2 Å². The summed E-state index contributed by atoms with van der Waals surface area (Å²) >= 11 is 0. The fourth-order valence-electron chi connectivity index (χ4n) is 4.48. The van der Waals surface area contributed by atoms with Gasteiger partial charge in [-0.25, -0.2) is 0 Å². The molecule has 0 aromatic carbocycles. The average molecular weight is 295 g/mol. The Bertz CT molecular complexity index is 283. The van der Waals surface area contributed by atoms with Crippen molar-refractivity contribution in [2.45, 2.75) is 97.2 Å². The number of likely N-dealkylation sites (N-methyl/N-ethyl adjacent to an activating group) is 1. The summed E-state index contributed by atoms with van der Waals surface area (Å²) in [6, 6.07) is 2.40. The van der Waals surface area contributed by atoms with E-state index in [1.807, 2.05) is 0 Å². The maximum absolute atomic E-state index is 3.81. The molecule has 0 amide bonds. The highest BCUT2D eigenvalue weighted by Gasteiger charge is 2.36. The second kappa shape index (κ2) is 8.53. The monoisotopic (exact) mass is 294 g/mol. The fourth-order valence-corrected chi connectivity index (χ4v) is 4.48. The van der Waals surface area contributed by atoms with Gasteiger partial charge < -0.3 is 5.32 Å². The predicted octanol–water partition coefficient (Wildman–Crippen LogP) is 4.44. The molecule has 3 atom stereocenters. The van der Waals surface area contributed by atoms with Crippen molar-refractivity contribution in [3.63, 3.8) is 0 Å². The molecule has 2 fully saturated rings. The van der Waals surface area contributed by atoms with Gasteiger partial charge in [-0.1, -0.05) is 40.5 Å². The molecule has 2 aliphatic carbocycles. The number of hydrogen-bond acceptors (Lipinski definition) is 2. The van der Waals surface area contributed by atoms with Gasteiger partial charge in [-0.3, -0.25) is 4.90 Å². The first-order chi connectivity index (χ1) is 10.1. The fraction of sp³-hybridized carbons (Fsp3) is 1.00. The minimum absolute atomic E-state index is 0.735. The molecule has 0 aromatic heterocycles. The Morgan fingerprint density at radius 3 is 2.43 bits per heavy atom. The molecule has 0 aromatic rings. The number of nitrogens with one attached hydrogen (secondary N) is 1. The molecule has 1 N–H and O–H groups in total. The zero-order chi connectivity index (χ0) is 15.2. The molecule has 0 spiro atoms. The molecule has 21 heavy (non-hydrogen) atoms. The lowest BCUT2D eigenvalue weighted by Gasteiger charge is -2.45. The second-order valence-corrected chi connectivity index (χ2v) is 8.01. The van der Waals surface area contributed by atoms with Gasteiger partial charge in [0, 0.05) is 18.1 Å². The molecule has 0 radical (unpaired) electrons. The minimum Gasteiger partial charge on any atom is -0.313 e. The Kier molecular flexibility index (Phi) is 7.01. The van der Waals surface area contributed by atoms with E-state index in [9.17, 15) is 0 Å². The van der Waals surface area contributed by atoms with E-state index in [0.29, 0.717) is 0 Å². The first kappa shape index (κ1) is 17.3.